The Morgan fingerprint density at radius 2 is 1.76 bits per heavy atom. The standard InChI is InChI=1S/C23H30ClN3O5S/c1-5-14-25-23(29)17(2)26(15-18-10-6-7-11-19(18)24)22(28)16-27(33(4,30)31)20-12-8-9-13-21(20)32-3/h6-13,17H,5,14-16H2,1-4H3,(H,25,29)/t17-/m1/s1. The zero-order valence-electron chi connectivity index (χ0n) is 19.2. The normalized spacial score (nSPS) is 12.0. The van der Waals surface area contributed by atoms with Crippen LogP contribution < -0.4 is 14.4 Å². The molecule has 0 saturated carbocycles. The Morgan fingerprint density at radius 1 is 1.12 bits per heavy atom. The van der Waals surface area contributed by atoms with E-state index < -0.39 is 28.5 Å². The zero-order chi connectivity index (χ0) is 24.6. The molecule has 0 fully saturated rings. The van der Waals surface area contributed by atoms with Crippen LogP contribution in [0.1, 0.15) is 25.8 Å². The summed E-state index contributed by atoms with van der Waals surface area (Å²) in [5, 5.41) is 3.23. The molecule has 33 heavy (non-hydrogen) atoms. The minimum Gasteiger partial charge on any atom is -0.495 e. The summed E-state index contributed by atoms with van der Waals surface area (Å²) in [4.78, 5) is 27.5. The van der Waals surface area contributed by atoms with Gasteiger partial charge in [-0.1, -0.05) is 48.9 Å². The number of methoxy groups -OCH3 is 1. The van der Waals surface area contributed by atoms with E-state index in [9.17, 15) is 18.0 Å². The van der Waals surface area contributed by atoms with Crippen molar-refractivity contribution in [2.24, 2.45) is 0 Å². The van der Waals surface area contributed by atoms with Crippen LogP contribution in [0.4, 0.5) is 5.69 Å². The van der Waals surface area contributed by atoms with Crippen LogP contribution in [-0.4, -0.2) is 57.6 Å². The Balaban J connectivity index is 2.42. The van der Waals surface area contributed by atoms with Crippen molar-refractivity contribution in [2.75, 3.05) is 30.8 Å². The third kappa shape index (κ3) is 7.10. The molecule has 0 aliphatic rings. The second kappa shape index (κ2) is 11.9. The maximum absolute atomic E-state index is 13.5. The molecule has 1 N–H and O–H groups in total. The number of hydrogen-bond donors (Lipinski definition) is 1. The Labute approximate surface area is 200 Å². The van der Waals surface area contributed by atoms with Gasteiger partial charge in [0, 0.05) is 18.1 Å². The van der Waals surface area contributed by atoms with E-state index >= 15 is 0 Å². The molecule has 180 valence electrons. The minimum absolute atomic E-state index is 0.0444. The first kappa shape index (κ1) is 26.5. The molecule has 2 aromatic rings. The molecule has 2 aromatic carbocycles. The summed E-state index contributed by atoms with van der Waals surface area (Å²) in [6, 6.07) is 12.7. The lowest BCUT2D eigenvalue weighted by Crippen LogP contribution is -2.51. The number of carbonyl (C=O) groups excluding carboxylic acids is 2. The summed E-state index contributed by atoms with van der Waals surface area (Å²) in [6.07, 6.45) is 1.76. The molecule has 0 bridgehead atoms. The molecule has 0 spiro atoms. The highest BCUT2D eigenvalue weighted by molar-refractivity contribution is 7.92. The maximum Gasteiger partial charge on any atom is 0.244 e. The number of carbonyl (C=O) groups is 2. The first-order valence-corrected chi connectivity index (χ1v) is 12.7. The fourth-order valence-corrected chi connectivity index (χ4v) is 4.27. The summed E-state index contributed by atoms with van der Waals surface area (Å²) >= 11 is 6.29. The molecule has 2 amide bonds. The summed E-state index contributed by atoms with van der Waals surface area (Å²) < 4.78 is 31.5. The van der Waals surface area contributed by atoms with Gasteiger partial charge in [-0.2, -0.15) is 0 Å². The van der Waals surface area contributed by atoms with E-state index in [0.29, 0.717) is 22.9 Å². The van der Waals surface area contributed by atoms with Gasteiger partial charge in [0.15, 0.2) is 0 Å². The predicted molar refractivity (Wildman–Crippen MR) is 130 cm³/mol. The predicted octanol–water partition coefficient (Wildman–Crippen LogP) is 3.06. The number of benzene rings is 2. The topological polar surface area (TPSA) is 96.0 Å². The molecule has 0 aliphatic heterocycles. The van der Waals surface area contributed by atoms with Crippen molar-refractivity contribution in [1.82, 2.24) is 10.2 Å². The fraction of sp³-hybridized carbons (Fsp3) is 0.391. The van der Waals surface area contributed by atoms with Gasteiger partial charge in [-0.3, -0.25) is 13.9 Å². The number of halogens is 1. The van der Waals surface area contributed by atoms with Crippen LogP contribution in [-0.2, 0) is 26.2 Å². The third-order valence-electron chi connectivity index (χ3n) is 5.05. The molecule has 0 heterocycles. The first-order valence-electron chi connectivity index (χ1n) is 10.5. The molecule has 0 radical (unpaired) electrons. The quantitative estimate of drug-likeness (QED) is 0.517. The van der Waals surface area contributed by atoms with Crippen LogP contribution in [0.15, 0.2) is 48.5 Å². The highest BCUT2D eigenvalue weighted by atomic mass is 35.5. The average Bonchev–Trinajstić information content (AvgIpc) is 2.79. The van der Waals surface area contributed by atoms with Gasteiger partial charge in [-0.25, -0.2) is 8.42 Å². The lowest BCUT2D eigenvalue weighted by Gasteiger charge is -2.32. The first-order chi connectivity index (χ1) is 15.6. The van der Waals surface area contributed by atoms with Crippen LogP contribution in [0.25, 0.3) is 0 Å². The molecule has 2 rings (SSSR count). The summed E-state index contributed by atoms with van der Waals surface area (Å²) in [5.41, 5.74) is 0.877. The third-order valence-corrected chi connectivity index (χ3v) is 6.54. The number of amides is 2. The zero-order valence-corrected chi connectivity index (χ0v) is 20.8. The summed E-state index contributed by atoms with van der Waals surface area (Å²) in [6.45, 7) is 3.54. The van der Waals surface area contributed by atoms with Crippen LogP contribution in [0, 0.1) is 0 Å². The van der Waals surface area contributed by atoms with E-state index in [1.807, 2.05) is 6.92 Å². The smallest absolute Gasteiger partial charge is 0.244 e. The van der Waals surface area contributed by atoms with Crippen molar-refractivity contribution in [3.8, 4) is 5.75 Å². The van der Waals surface area contributed by atoms with Crippen molar-refractivity contribution in [3.63, 3.8) is 0 Å². The number of nitrogens with zero attached hydrogens (tertiary/aromatic N) is 2. The van der Waals surface area contributed by atoms with Crippen molar-refractivity contribution >= 4 is 39.1 Å². The van der Waals surface area contributed by atoms with Crippen LogP contribution in [0.2, 0.25) is 5.02 Å². The monoisotopic (exact) mass is 495 g/mol. The molecule has 0 aliphatic carbocycles. The fourth-order valence-electron chi connectivity index (χ4n) is 3.22. The number of sulfonamides is 1. The van der Waals surface area contributed by atoms with Crippen molar-refractivity contribution < 1.29 is 22.7 Å². The molecular formula is C23H30ClN3O5S. The number of nitrogens with one attached hydrogen (secondary N) is 1. The van der Waals surface area contributed by atoms with Crippen LogP contribution in [0.5, 0.6) is 5.75 Å². The number of ether oxygens (including phenoxy) is 1. The Bertz CT molecular complexity index is 1080. The molecule has 8 nitrogen and oxygen atoms in total. The summed E-state index contributed by atoms with van der Waals surface area (Å²) in [7, 11) is -2.42. The van der Waals surface area contributed by atoms with E-state index in [-0.39, 0.29) is 18.1 Å². The second-order valence-corrected chi connectivity index (χ2v) is 9.84. The Hall–Kier alpha value is -2.78. The van der Waals surface area contributed by atoms with Gasteiger partial charge in [0.2, 0.25) is 21.8 Å². The van der Waals surface area contributed by atoms with Crippen molar-refractivity contribution in [3.05, 3.63) is 59.1 Å². The molecule has 1 atom stereocenters. The van der Waals surface area contributed by atoms with E-state index in [1.54, 1.807) is 55.5 Å². The van der Waals surface area contributed by atoms with E-state index in [0.717, 1.165) is 17.0 Å². The van der Waals surface area contributed by atoms with E-state index in [4.69, 9.17) is 16.3 Å². The highest BCUT2D eigenvalue weighted by Crippen LogP contribution is 2.29. The molecular weight excluding hydrogens is 466 g/mol. The second-order valence-electron chi connectivity index (χ2n) is 7.52. The van der Waals surface area contributed by atoms with Gasteiger partial charge in [0.25, 0.3) is 0 Å². The van der Waals surface area contributed by atoms with Gasteiger partial charge in [0.1, 0.15) is 18.3 Å². The SMILES string of the molecule is CCCNC(=O)[C@@H](C)N(Cc1ccccc1Cl)C(=O)CN(c1ccccc1OC)S(C)(=O)=O. The molecule has 0 aromatic heterocycles. The number of rotatable bonds is 11. The summed E-state index contributed by atoms with van der Waals surface area (Å²) in [5.74, 6) is -0.576. The van der Waals surface area contributed by atoms with Gasteiger partial charge in [0.05, 0.1) is 19.1 Å². The maximum atomic E-state index is 13.5. The van der Waals surface area contributed by atoms with Gasteiger partial charge in [-0.05, 0) is 37.1 Å². The van der Waals surface area contributed by atoms with E-state index in [1.165, 1.54) is 12.0 Å². The lowest BCUT2D eigenvalue weighted by atomic mass is 10.1. The van der Waals surface area contributed by atoms with Gasteiger partial charge < -0.3 is 15.0 Å². The number of hydrogen-bond acceptors (Lipinski definition) is 5. The lowest BCUT2D eigenvalue weighted by molar-refractivity contribution is -0.139. The Kier molecular flexibility index (Phi) is 9.55. The van der Waals surface area contributed by atoms with Crippen molar-refractivity contribution in [2.45, 2.75) is 32.9 Å². The van der Waals surface area contributed by atoms with Gasteiger partial charge >= 0.3 is 0 Å². The van der Waals surface area contributed by atoms with Gasteiger partial charge in [-0.15, -0.1) is 0 Å². The Morgan fingerprint density at radius 3 is 2.36 bits per heavy atom. The minimum atomic E-state index is -3.84. The van der Waals surface area contributed by atoms with Crippen LogP contribution >= 0.6 is 11.6 Å². The van der Waals surface area contributed by atoms with E-state index in [2.05, 4.69) is 5.32 Å². The molecule has 0 unspecified atom stereocenters. The number of anilines is 1. The largest absolute Gasteiger partial charge is 0.495 e. The molecule has 0 saturated heterocycles. The molecule has 10 heteroatoms. The average molecular weight is 496 g/mol. The highest BCUT2D eigenvalue weighted by Gasteiger charge is 2.31. The van der Waals surface area contributed by atoms with Crippen LogP contribution in [0.3, 0.4) is 0 Å². The number of para-hydroxylation sites is 2. The van der Waals surface area contributed by atoms with Crippen molar-refractivity contribution in [1.29, 1.82) is 0 Å².